The smallest absolute Gasteiger partial charge is 0.228 e. The van der Waals surface area contributed by atoms with Crippen LogP contribution >= 0.6 is 23.1 Å². The molecule has 1 fully saturated rings. The summed E-state index contributed by atoms with van der Waals surface area (Å²) in [6, 6.07) is 7.90. The van der Waals surface area contributed by atoms with Gasteiger partial charge in [0.1, 0.15) is 5.51 Å². The largest absolute Gasteiger partial charge is 0.326 e. The van der Waals surface area contributed by atoms with Crippen LogP contribution in [0.1, 0.15) is 12.8 Å². The SMILES string of the molecule is O=C(Nc1ccc(Sc2nncs2)cc1)C1CC2C=CC1C2. The second-order valence-electron chi connectivity index (χ2n) is 5.71. The summed E-state index contributed by atoms with van der Waals surface area (Å²) in [5.41, 5.74) is 2.58. The molecule has 1 aromatic carbocycles. The number of carbonyl (C=O) groups excluding carboxylic acids is 1. The van der Waals surface area contributed by atoms with Crippen LogP contribution in [0.15, 0.2) is 51.2 Å². The van der Waals surface area contributed by atoms with Gasteiger partial charge in [-0.1, -0.05) is 35.3 Å². The number of nitrogens with one attached hydrogen (secondary N) is 1. The van der Waals surface area contributed by atoms with Crippen LogP contribution in [0.2, 0.25) is 0 Å². The highest BCUT2D eigenvalue weighted by Gasteiger charge is 2.39. The molecule has 2 aliphatic carbocycles. The second kappa shape index (κ2) is 5.85. The first-order valence-electron chi connectivity index (χ1n) is 7.31. The molecule has 2 aromatic rings. The van der Waals surface area contributed by atoms with E-state index >= 15 is 0 Å². The molecule has 0 aliphatic heterocycles. The van der Waals surface area contributed by atoms with Crippen LogP contribution in [0.25, 0.3) is 0 Å². The van der Waals surface area contributed by atoms with E-state index in [0.29, 0.717) is 11.8 Å². The summed E-state index contributed by atoms with van der Waals surface area (Å²) in [6.45, 7) is 0. The lowest BCUT2D eigenvalue weighted by molar-refractivity contribution is -0.120. The lowest BCUT2D eigenvalue weighted by Crippen LogP contribution is -2.25. The lowest BCUT2D eigenvalue weighted by Gasteiger charge is -2.17. The molecular formula is C16H15N3OS2. The Bertz CT molecular complexity index is 697. The van der Waals surface area contributed by atoms with E-state index in [-0.39, 0.29) is 11.8 Å². The van der Waals surface area contributed by atoms with Gasteiger partial charge >= 0.3 is 0 Å². The third kappa shape index (κ3) is 2.80. The second-order valence-corrected chi connectivity index (χ2v) is 7.86. The number of hydrogen-bond donors (Lipinski definition) is 1. The zero-order chi connectivity index (χ0) is 14.9. The number of hydrogen-bond acceptors (Lipinski definition) is 5. The molecule has 1 saturated carbocycles. The predicted octanol–water partition coefficient (Wildman–Crippen LogP) is 3.84. The Morgan fingerprint density at radius 2 is 2.09 bits per heavy atom. The van der Waals surface area contributed by atoms with Crippen molar-refractivity contribution in [3.05, 3.63) is 41.9 Å². The third-order valence-electron chi connectivity index (χ3n) is 4.28. The Morgan fingerprint density at radius 3 is 2.73 bits per heavy atom. The summed E-state index contributed by atoms with van der Waals surface area (Å²) >= 11 is 3.10. The number of aromatic nitrogens is 2. The quantitative estimate of drug-likeness (QED) is 0.866. The summed E-state index contributed by atoms with van der Waals surface area (Å²) in [5.74, 6) is 1.36. The Morgan fingerprint density at radius 1 is 1.23 bits per heavy atom. The fourth-order valence-electron chi connectivity index (χ4n) is 3.23. The van der Waals surface area contributed by atoms with Crippen molar-refractivity contribution in [1.82, 2.24) is 10.2 Å². The zero-order valence-electron chi connectivity index (χ0n) is 11.8. The average molecular weight is 329 g/mol. The van der Waals surface area contributed by atoms with Gasteiger partial charge < -0.3 is 5.32 Å². The molecule has 3 unspecified atom stereocenters. The molecule has 0 spiro atoms. The van der Waals surface area contributed by atoms with Gasteiger partial charge in [-0.25, -0.2) is 0 Å². The number of benzene rings is 1. The van der Waals surface area contributed by atoms with Gasteiger partial charge in [-0.3, -0.25) is 4.79 Å². The van der Waals surface area contributed by atoms with E-state index in [0.717, 1.165) is 27.8 Å². The summed E-state index contributed by atoms with van der Waals surface area (Å²) in [7, 11) is 0. The third-order valence-corrected chi connectivity index (χ3v) is 6.07. The molecule has 22 heavy (non-hydrogen) atoms. The number of rotatable bonds is 4. The minimum Gasteiger partial charge on any atom is -0.326 e. The van der Waals surface area contributed by atoms with Gasteiger partial charge in [0.05, 0.1) is 0 Å². The highest BCUT2D eigenvalue weighted by molar-refractivity contribution is 8.01. The van der Waals surface area contributed by atoms with Gasteiger partial charge in [0, 0.05) is 16.5 Å². The molecule has 3 atom stereocenters. The normalized spacial score (nSPS) is 25.5. The molecule has 2 aliphatic rings. The summed E-state index contributed by atoms with van der Waals surface area (Å²) in [6.07, 6.45) is 6.61. The standard InChI is InChI=1S/C16H15N3OS2/c20-15(14-8-10-1-2-11(14)7-10)18-12-3-5-13(6-4-12)22-16-19-17-9-21-16/h1-6,9-11,14H,7-8H2,(H,18,20). The van der Waals surface area contributed by atoms with E-state index in [1.54, 1.807) is 17.3 Å². The number of allylic oxidation sites excluding steroid dienone is 2. The van der Waals surface area contributed by atoms with Crippen molar-refractivity contribution < 1.29 is 4.79 Å². The van der Waals surface area contributed by atoms with Gasteiger partial charge in [-0.2, -0.15) is 0 Å². The Hall–Kier alpha value is -1.66. The molecule has 6 heteroatoms. The molecule has 0 saturated heterocycles. The van der Waals surface area contributed by atoms with Crippen molar-refractivity contribution in [1.29, 1.82) is 0 Å². The molecule has 1 N–H and O–H groups in total. The van der Waals surface area contributed by atoms with Crippen molar-refractivity contribution >= 4 is 34.7 Å². The Balaban J connectivity index is 1.39. The summed E-state index contributed by atoms with van der Waals surface area (Å²) < 4.78 is 0.922. The first kappa shape index (κ1) is 14.0. The molecule has 2 bridgehead atoms. The zero-order valence-corrected chi connectivity index (χ0v) is 13.4. The summed E-state index contributed by atoms with van der Waals surface area (Å²) in [4.78, 5) is 13.5. The Kier molecular flexibility index (Phi) is 3.72. The predicted molar refractivity (Wildman–Crippen MR) is 87.9 cm³/mol. The van der Waals surface area contributed by atoms with E-state index in [4.69, 9.17) is 0 Å². The van der Waals surface area contributed by atoms with Crippen molar-refractivity contribution in [2.75, 3.05) is 5.32 Å². The van der Waals surface area contributed by atoms with Crippen LogP contribution in [-0.2, 0) is 4.79 Å². The maximum absolute atomic E-state index is 12.4. The molecular weight excluding hydrogens is 314 g/mol. The number of carbonyl (C=O) groups is 1. The molecule has 1 aromatic heterocycles. The van der Waals surface area contributed by atoms with E-state index < -0.39 is 0 Å². The lowest BCUT2D eigenvalue weighted by atomic mass is 9.93. The topological polar surface area (TPSA) is 54.9 Å². The van der Waals surface area contributed by atoms with Gasteiger partial charge in [-0.15, -0.1) is 10.2 Å². The molecule has 1 amide bonds. The fourth-order valence-corrected chi connectivity index (χ4v) is 4.68. The number of anilines is 1. The van der Waals surface area contributed by atoms with Crippen LogP contribution in [0, 0.1) is 17.8 Å². The highest BCUT2D eigenvalue weighted by Crippen LogP contribution is 2.43. The molecule has 112 valence electrons. The van der Waals surface area contributed by atoms with Crippen LogP contribution in [0.4, 0.5) is 5.69 Å². The molecule has 0 radical (unpaired) electrons. The van der Waals surface area contributed by atoms with Crippen LogP contribution in [0.3, 0.4) is 0 Å². The highest BCUT2D eigenvalue weighted by atomic mass is 32.2. The maximum atomic E-state index is 12.4. The van der Waals surface area contributed by atoms with Crippen LogP contribution in [-0.4, -0.2) is 16.1 Å². The minimum atomic E-state index is 0.144. The van der Waals surface area contributed by atoms with Crippen molar-refractivity contribution in [2.24, 2.45) is 17.8 Å². The van der Waals surface area contributed by atoms with E-state index in [2.05, 4.69) is 27.7 Å². The van der Waals surface area contributed by atoms with Crippen molar-refractivity contribution in [3.8, 4) is 0 Å². The number of fused-ring (bicyclic) bond motifs is 2. The molecule has 1 heterocycles. The van der Waals surface area contributed by atoms with Crippen LogP contribution < -0.4 is 5.32 Å². The first-order chi connectivity index (χ1) is 10.8. The Labute approximate surface area is 137 Å². The monoisotopic (exact) mass is 329 g/mol. The maximum Gasteiger partial charge on any atom is 0.228 e. The van der Waals surface area contributed by atoms with Gasteiger partial charge in [-0.05, 0) is 48.9 Å². The molecule has 4 nitrogen and oxygen atoms in total. The summed E-state index contributed by atoms with van der Waals surface area (Å²) in [5, 5.41) is 10.9. The van der Waals surface area contributed by atoms with Crippen molar-refractivity contribution in [3.63, 3.8) is 0 Å². The van der Waals surface area contributed by atoms with Gasteiger partial charge in [0.2, 0.25) is 5.91 Å². The average Bonchev–Trinajstić information content (AvgIpc) is 3.26. The first-order valence-corrected chi connectivity index (χ1v) is 9.01. The van der Waals surface area contributed by atoms with Crippen molar-refractivity contribution in [2.45, 2.75) is 22.1 Å². The molecule has 4 rings (SSSR count). The number of nitrogens with zero attached hydrogens (tertiary/aromatic N) is 2. The minimum absolute atomic E-state index is 0.144. The van der Waals surface area contributed by atoms with E-state index in [1.165, 1.54) is 11.3 Å². The van der Waals surface area contributed by atoms with E-state index in [1.807, 2.05) is 24.3 Å². The van der Waals surface area contributed by atoms with Gasteiger partial charge in [0.15, 0.2) is 4.34 Å². The number of amides is 1. The van der Waals surface area contributed by atoms with Gasteiger partial charge in [0.25, 0.3) is 0 Å². The fraction of sp³-hybridized carbons (Fsp3) is 0.312. The van der Waals surface area contributed by atoms with Crippen LogP contribution in [0.5, 0.6) is 0 Å². The van der Waals surface area contributed by atoms with E-state index in [9.17, 15) is 4.79 Å².